The number of hydrogen-bond acceptors (Lipinski definition) is 5. The van der Waals surface area contributed by atoms with Crippen molar-refractivity contribution in [1.82, 2.24) is 5.32 Å². The van der Waals surface area contributed by atoms with Crippen molar-refractivity contribution in [3.05, 3.63) is 47.0 Å². The van der Waals surface area contributed by atoms with Crippen LogP contribution in [0.1, 0.15) is 150 Å². The first-order chi connectivity index (χ1) is 24.1. The maximum Gasteiger partial charge on any atom is 0.309 e. The molecule has 286 valence electrons. The van der Waals surface area contributed by atoms with Gasteiger partial charge < -0.3 is 15.2 Å². The summed E-state index contributed by atoms with van der Waals surface area (Å²) in [7, 11) is 0. The average molecular weight is 716 g/mol. The number of fused-ring (bicyclic) bond motifs is 7. The van der Waals surface area contributed by atoms with Crippen LogP contribution in [0.4, 0.5) is 0 Å². The zero-order valence-corrected chi connectivity index (χ0v) is 33.7. The van der Waals surface area contributed by atoms with E-state index in [1.54, 1.807) is 13.8 Å². The molecule has 0 heterocycles. The van der Waals surface area contributed by atoms with Crippen molar-refractivity contribution in [2.75, 3.05) is 6.54 Å². The average Bonchev–Trinajstić information content (AvgIpc) is 3.37. The van der Waals surface area contributed by atoms with Crippen molar-refractivity contribution < 1.29 is 29.0 Å². The number of allylic oxidation sites excluding steroid dienone is 2. The highest BCUT2D eigenvalue weighted by atomic mass is 16.5. The normalized spacial score (nSPS) is 38.1. The highest BCUT2D eigenvalue weighted by molar-refractivity contribution is 6.01. The first kappa shape index (κ1) is 38.8. The Morgan fingerprint density at radius 1 is 0.904 bits per heavy atom. The van der Waals surface area contributed by atoms with Crippen LogP contribution in [-0.2, 0) is 19.1 Å². The topological polar surface area (TPSA) is 110 Å². The maximum atomic E-state index is 14.1. The molecule has 5 aliphatic rings. The number of carboxylic acid groups (broad SMARTS) is 1. The summed E-state index contributed by atoms with van der Waals surface area (Å²) in [6.45, 7) is 22.9. The molecule has 8 unspecified atom stereocenters. The quantitative estimate of drug-likeness (QED) is 0.247. The molecule has 8 atom stereocenters. The van der Waals surface area contributed by atoms with Gasteiger partial charge in [-0.1, -0.05) is 79.2 Å². The molecule has 0 spiro atoms. The second kappa shape index (κ2) is 12.8. The minimum atomic E-state index is -1.16. The van der Waals surface area contributed by atoms with Crippen molar-refractivity contribution >= 4 is 23.6 Å². The van der Waals surface area contributed by atoms with Crippen LogP contribution in [-0.4, -0.2) is 41.4 Å². The second-order valence-corrected chi connectivity index (χ2v) is 20.2. The van der Waals surface area contributed by atoms with Gasteiger partial charge in [0.1, 0.15) is 6.10 Å². The van der Waals surface area contributed by atoms with Gasteiger partial charge in [-0.2, -0.15) is 0 Å². The summed E-state index contributed by atoms with van der Waals surface area (Å²) in [6.07, 6.45) is 9.08. The molecule has 0 radical (unpaired) electrons. The molecule has 2 N–H and O–H groups in total. The van der Waals surface area contributed by atoms with Gasteiger partial charge >= 0.3 is 11.9 Å². The SMILES string of the molecule is CC(C)C1=C2C(CCNC(=O)c3ccccc3)(CCC3(C)C2(C)CCC2C4(C)CCC(OC(=O)CC(C)(C)C(=O)O)C(C)(C)C4CCC23C)CC1=O. The molecule has 4 saturated carbocycles. The Morgan fingerprint density at radius 3 is 2.19 bits per heavy atom. The van der Waals surface area contributed by atoms with E-state index in [2.05, 4.69) is 60.7 Å². The number of aliphatic carboxylic acids is 1. The number of ether oxygens (including phenoxy) is 1. The lowest BCUT2D eigenvalue weighted by Gasteiger charge is -2.75. The number of ketones is 1. The molecule has 0 aliphatic heterocycles. The summed E-state index contributed by atoms with van der Waals surface area (Å²) in [5.74, 6) is -0.123. The fourth-order valence-electron chi connectivity index (χ4n) is 13.5. The lowest BCUT2D eigenvalue weighted by atomic mass is 9.30. The third-order valence-corrected chi connectivity index (χ3v) is 16.6. The van der Waals surface area contributed by atoms with E-state index in [9.17, 15) is 24.3 Å². The Morgan fingerprint density at radius 2 is 1.56 bits per heavy atom. The molecule has 52 heavy (non-hydrogen) atoms. The van der Waals surface area contributed by atoms with Crippen LogP contribution in [0.5, 0.6) is 0 Å². The molecular formula is C45H65NO6. The van der Waals surface area contributed by atoms with Crippen LogP contribution in [0, 0.1) is 55.7 Å². The molecular weight excluding hydrogens is 650 g/mol. The van der Waals surface area contributed by atoms with Gasteiger partial charge in [0, 0.05) is 29.4 Å². The molecule has 7 heteroatoms. The molecule has 0 aromatic heterocycles. The van der Waals surface area contributed by atoms with E-state index in [4.69, 9.17) is 4.74 Å². The fraction of sp³-hybridized carbons (Fsp3) is 0.733. The van der Waals surface area contributed by atoms with Gasteiger partial charge in [0.05, 0.1) is 11.8 Å². The molecule has 1 aromatic carbocycles. The Balaban J connectivity index is 1.28. The van der Waals surface area contributed by atoms with Crippen molar-refractivity contribution in [3.8, 4) is 0 Å². The van der Waals surface area contributed by atoms with Crippen LogP contribution in [0.15, 0.2) is 41.5 Å². The summed E-state index contributed by atoms with van der Waals surface area (Å²) in [5, 5.41) is 12.8. The lowest BCUT2D eigenvalue weighted by Crippen LogP contribution is -2.68. The summed E-state index contributed by atoms with van der Waals surface area (Å²) >= 11 is 0. The summed E-state index contributed by atoms with van der Waals surface area (Å²) in [4.78, 5) is 52.0. The van der Waals surface area contributed by atoms with Gasteiger partial charge in [-0.15, -0.1) is 0 Å². The largest absolute Gasteiger partial charge is 0.481 e. The van der Waals surface area contributed by atoms with Crippen molar-refractivity contribution in [2.45, 2.75) is 146 Å². The minimum Gasteiger partial charge on any atom is -0.481 e. The van der Waals surface area contributed by atoms with Gasteiger partial charge in [-0.05, 0) is 129 Å². The Bertz CT molecular complexity index is 1660. The zero-order chi connectivity index (χ0) is 38.3. The van der Waals surface area contributed by atoms with E-state index in [0.717, 1.165) is 63.4 Å². The summed E-state index contributed by atoms with van der Waals surface area (Å²) in [6, 6.07) is 9.39. The second-order valence-electron chi connectivity index (χ2n) is 20.2. The lowest BCUT2D eigenvalue weighted by molar-refractivity contribution is -0.249. The van der Waals surface area contributed by atoms with E-state index in [0.29, 0.717) is 36.1 Å². The molecule has 0 saturated heterocycles. The summed E-state index contributed by atoms with van der Waals surface area (Å²) < 4.78 is 6.18. The Labute approximate surface area is 312 Å². The van der Waals surface area contributed by atoms with E-state index in [1.807, 2.05) is 30.3 Å². The highest BCUT2D eigenvalue weighted by Gasteiger charge is 2.73. The number of esters is 1. The zero-order valence-electron chi connectivity index (χ0n) is 33.7. The first-order valence-electron chi connectivity index (χ1n) is 20.1. The van der Waals surface area contributed by atoms with Gasteiger partial charge in [-0.25, -0.2) is 0 Å². The van der Waals surface area contributed by atoms with E-state index >= 15 is 0 Å². The molecule has 7 nitrogen and oxygen atoms in total. The van der Waals surface area contributed by atoms with Crippen LogP contribution < -0.4 is 5.32 Å². The van der Waals surface area contributed by atoms with Crippen LogP contribution in [0.2, 0.25) is 0 Å². The third-order valence-electron chi connectivity index (χ3n) is 16.6. The van der Waals surface area contributed by atoms with Crippen LogP contribution >= 0.6 is 0 Å². The van der Waals surface area contributed by atoms with Crippen LogP contribution in [0.25, 0.3) is 0 Å². The number of carbonyl (C=O) groups is 4. The number of benzene rings is 1. The molecule has 1 amide bonds. The Hall–Kier alpha value is -2.96. The number of hydrogen-bond donors (Lipinski definition) is 2. The Kier molecular flexibility index (Phi) is 9.56. The predicted molar refractivity (Wildman–Crippen MR) is 203 cm³/mol. The summed E-state index contributed by atoms with van der Waals surface area (Å²) in [5.41, 5.74) is 1.52. The van der Waals surface area contributed by atoms with Crippen molar-refractivity contribution in [2.24, 2.45) is 55.7 Å². The van der Waals surface area contributed by atoms with E-state index in [1.165, 1.54) is 5.57 Å². The number of carbonyl (C=O) groups excluding carboxylic acids is 3. The molecule has 1 aromatic rings. The molecule has 4 fully saturated rings. The standard InChI is InChI=1S/C45H65NO6/c1-28(2)35-30(47)26-45(24-25-46-37(49)29-14-12-11-13-15-29)23-22-44(10)42(8)20-16-31-40(5,6)33(52-34(48)27-39(3,4)38(50)51)18-19-41(31,7)32(42)17-21-43(44,9)36(35)45/h11-15,28,31-33H,16-27H2,1-10H3,(H,46,49)(H,50,51). The number of rotatable bonds is 9. The molecule has 5 aliphatic carbocycles. The molecule has 6 rings (SSSR count). The monoisotopic (exact) mass is 715 g/mol. The van der Waals surface area contributed by atoms with Crippen molar-refractivity contribution in [1.29, 1.82) is 0 Å². The third kappa shape index (κ3) is 5.63. The number of Topliss-reactive ketones (excluding diaryl/α,β-unsaturated/α-hetero) is 1. The van der Waals surface area contributed by atoms with E-state index < -0.39 is 17.4 Å². The van der Waals surface area contributed by atoms with Gasteiger partial charge in [0.25, 0.3) is 5.91 Å². The van der Waals surface area contributed by atoms with Gasteiger partial charge in [0.15, 0.2) is 5.78 Å². The maximum absolute atomic E-state index is 14.1. The van der Waals surface area contributed by atoms with Crippen molar-refractivity contribution in [3.63, 3.8) is 0 Å². The minimum absolute atomic E-state index is 0.0103. The highest BCUT2D eigenvalue weighted by Crippen LogP contribution is 2.80. The number of carboxylic acids is 1. The molecule has 0 bridgehead atoms. The smallest absolute Gasteiger partial charge is 0.309 e. The van der Waals surface area contributed by atoms with Crippen LogP contribution in [0.3, 0.4) is 0 Å². The fourth-order valence-corrected chi connectivity index (χ4v) is 13.5. The first-order valence-corrected chi connectivity index (χ1v) is 20.1. The number of nitrogens with one attached hydrogen (secondary N) is 1. The van der Waals surface area contributed by atoms with E-state index in [-0.39, 0.29) is 56.8 Å². The van der Waals surface area contributed by atoms with Gasteiger partial charge in [-0.3, -0.25) is 19.2 Å². The number of amides is 1. The van der Waals surface area contributed by atoms with Gasteiger partial charge in [0.2, 0.25) is 0 Å². The predicted octanol–water partition coefficient (Wildman–Crippen LogP) is 9.59.